The smallest absolute Gasteiger partial charge is 0.136 e. The Hall–Kier alpha value is -9.38. The molecule has 0 fully saturated rings. The van der Waals surface area contributed by atoms with Crippen molar-refractivity contribution in [2.75, 3.05) is 4.90 Å². The molecule has 16 rings (SSSR count). The molecule has 0 N–H and O–H groups in total. The van der Waals surface area contributed by atoms with Crippen molar-refractivity contribution in [3.63, 3.8) is 0 Å². The van der Waals surface area contributed by atoms with Crippen LogP contribution in [0.1, 0.15) is 44.5 Å². The van der Waals surface area contributed by atoms with Crippen LogP contribution in [0.2, 0.25) is 0 Å². The van der Waals surface area contributed by atoms with Crippen molar-refractivity contribution >= 4 is 39.0 Å². The molecule has 4 heteroatoms. The Kier molecular flexibility index (Phi) is 7.99. The quantitative estimate of drug-likeness (QED) is 0.176. The van der Waals surface area contributed by atoms with E-state index in [-0.39, 0.29) is 0 Å². The number of ether oxygens (including phenoxy) is 2. The molecular formula is C68H41NO3. The average Bonchev–Trinajstić information content (AvgIpc) is 4.08. The minimum atomic E-state index is -0.722. The fraction of sp³-hybridized carbons (Fsp3) is 0.0294. The highest BCUT2D eigenvalue weighted by atomic mass is 16.5. The molecule has 3 heterocycles. The number of benzene rings is 11. The molecule has 0 saturated carbocycles. The predicted octanol–water partition coefficient (Wildman–Crippen LogP) is 17.7. The molecule has 0 amide bonds. The van der Waals surface area contributed by atoms with Gasteiger partial charge in [-0.3, -0.25) is 0 Å². The number of rotatable bonds is 4. The van der Waals surface area contributed by atoms with Gasteiger partial charge in [0.15, 0.2) is 0 Å². The third kappa shape index (κ3) is 5.00. The van der Waals surface area contributed by atoms with E-state index in [1.54, 1.807) is 0 Å². The summed E-state index contributed by atoms with van der Waals surface area (Å²) in [6, 6.07) is 90.3. The summed E-state index contributed by atoms with van der Waals surface area (Å²) in [5.41, 5.74) is 20.1. The molecule has 2 aliphatic carbocycles. The molecule has 11 aromatic carbocycles. The van der Waals surface area contributed by atoms with Crippen molar-refractivity contribution < 1.29 is 13.9 Å². The van der Waals surface area contributed by atoms with Gasteiger partial charge in [-0.15, -0.1) is 0 Å². The Balaban J connectivity index is 1.02. The van der Waals surface area contributed by atoms with E-state index in [1.807, 2.05) is 6.07 Å². The Morgan fingerprint density at radius 2 is 0.764 bits per heavy atom. The molecule has 0 radical (unpaired) electrons. The summed E-state index contributed by atoms with van der Waals surface area (Å²) in [5.74, 6) is 3.46. The Labute approximate surface area is 416 Å². The molecule has 0 bridgehead atoms. The normalized spacial score (nSPS) is 14.3. The second-order valence-corrected chi connectivity index (χ2v) is 19.3. The first-order valence-corrected chi connectivity index (χ1v) is 24.7. The second kappa shape index (κ2) is 14.6. The van der Waals surface area contributed by atoms with Crippen molar-refractivity contribution in [2.24, 2.45) is 0 Å². The molecule has 2 spiro atoms. The van der Waals surface area contributed by atoms with E-state index in [2.05, 4.69) is 248 Å². The largest absolute Gasteiger partial charge is 0.457 e. The van der Waals surface area contributed by atoms with Crippen LogP contribution < -0.4 is 14.4 Å². The van der Waals surface area contributed by atoms with Crippen LogP contribution in [-0.4, -0.2) is 0 Å². The average molecular weight is 920 g/mol. The highest BCUT2D eigenvalue weighted by molar-refractivity contribution is 6.12. The van der Waals surface area contributed by atoms with Crippen molar-refractivity contribution in [3.05, 3.63) is 293 Å². The third-order valence-corrected chi connectivity index (χ3v) is 16.0. The molecule has 336 valence electrons. The van der Waals surface area contributed by atoms with Gasteiger partial charge in [0, 0.05) is 49.8 Å². The summed E-state index contributed by atoms with van der Waals surface area (Å²) in [5, 5.41) is 2.23. The summed E-state index contributed by atoms with van der Waals surface area (Å²) in [4.78, 5) is 2.55. The van der Waals surface area contributed by atoms with E-state index in [1.165, 1.54) is 44.5 Å². The summed E-state index contributed by atoms with van der Waals surface area (Å²) in [6.45, 7) is 0. The molecule has 1 aromatic heterocycles. The fourth-order valence-electron chi connectivity index (χ4n) is 13.4. The van der Waals surface area contributed by atoms with Gasteiger partial charge in [0.05, 0.1) is 22.2 Å². The maximum absolute atomic E-state index is 6.86. The van der Waals surface area contributed by atoms with E-state index in [0.29, 0.717) is 0 Å². The summed E-state index contributed by atoms with van der Waals surface area (Å²) in [7, 11) is 0. The van der Waals surface area contributed by atoms with Gasteiger partial charge >= 0.3 is 0 Å². The number of para-hydroxylation sites is 5. The first-order valence-electron chi connectivity index (χ1n) is 24.7. The monoisotopic (exact) mass is 919 g/mol. The van der Waals surface area contributed by atoms with E-state index in [0.717, 1.165) is 95.4 Å². The van der Waals surface area contributed by atoms with E-state index in [4.69, 9.17) is 13.9 Å². The maximum atomic E-state index is 6.86. The zero-order valence-corrected chi connectivity index (χ0v) is 38.8. The number of furan rings is 1. The predicted molar refractivity (Wildman–Crippen MR) is 289 cm³/mol. The molecular weight excluding hydrogens is 879 g/mol. The van der Waals surface area contributed by atoms with Crippen LogP contribution in [0.3, 0.4) is 0 Å². The minimum Gasteiger partial charge on any atom is -0.457 e. The van der Waals surface area contributed by atoms with Gasteiger partial charge in [-0.2, -0.15) is 0 Å². The lowest BCUT2D eigenvalue weighted by Crippen LogP contribution is -2.33. The van der Waals surface area contributed by atoms with Crippen LogP contribution in [0.25, 0.3) is 55.3 Å². The highest BCUT2D eigenvalue weighted by Crippen LogP contribution is 2.67. The topological polar surface area (TPSA) is 34.8 Å². The Morgan fingerprint density at radius 3 is 1.43 bits per heavy atom. The Bertz CT molecular complexity index is 4170. The fourth-order valence-corrected chi connectivity index (χ4v) is 13.4. The van der Waals surface area contributed by atoms with Gasteiger partial charge in [-0.1, -0.05) is 188 Å². The van der Waals surface area contributed by atoms with E-state index < -0.39 is 10.8 Å². The zero-order chi connectivity index (χ0) is 47.1. The molecule has 0 unspecified atom stereocenters. The molecule has 72 heavy (non-hydrogen) atoms. The van der Waals surface area contributed by atoms with Gasteiger partial charge in [-0.25, -0.2) is 0 Å². The van der Waals surface area contributed by atoms with Crippen LogP contribution in [0.4, 0.5) is 17.1 Å². The first kappa shape index (κ1) is 39.5. The number of anilines is 3. The van der Waals surface area contributed by atoms with Crippen LogP contribution in [0, 0.1) is 0 Å². The lowest BCUT2D eigenvalue weighted by Gasteiger charge is -2.42. The number of hydrogen-bond acceptors (Lipinski definition) is 4. The van der Waals surface area contributed by atoms with Crippen LogP contribution in [0.5, 0.6) is 23.0 Å². The van der Waals surface area contributed by atoms with Crippen molar-refractivity contribution in [3.8, 4) is 56.4 Å². The zero-order valence-electron chi connectivity index (χ0n) is 38.8. The van der Waals surface area contributed by atoms with Gasteiger partial charge in [0.2, 0.25) is 0 Å². The van der Waals surface area contributed by atoms with Crippen molar-refractivity contribution in [1.29, 1.82) is 0 Å². The van der Waals surface area contributed by atoms with Crippen LogP contribution in [0.15, 0.2) is 253 Å². The van der Waals surface area contributed by atoms with Crippen LogP contribution >= 0.6 is 0 Å². The highest BCUT2D eigenvalue weighted by Gasteiger charge is 2.55. The summed E-state index contributed by atoms with van der Waals surface area (Å²) < 4.78 is 20.0. The molecule has 0 saturated heterocycles. The third-order valence-electron chi connectivity index (χ3n) is 16.0. The van der Waals surface area contributed by atoms with Crippen LogP contribution in [-0.2, 0) is 10.8 Å². The Morgan fingerprint density at radius 1 is 0.306 bits per heavy atom. The van der Waals surface area contributed by atoms with E-state index >= 15 is 0 Å². The van der Waals surface area contributed by atoms with E-state index in [9.17, 15) is 0 Å². The van der Waals surface area contributed by atoms with Gasteiger partial charge in [0.1, 0.15) is 34.2 Å². The number of nitrogens with zero attached hydrogens (tertiary/aromatic N) is 1. The van der Waals surface area contributed by atoms with Gasteiger partial charge in [-0.05, 0) is 105 Å². The first-order chi connectivity index (χ1) is 35.7. The maximum Gasteiger partial charge on any atom is 0.136 e. The molecule has 4 aliphatic rings. The lowest BCUT2D eigenvalue weighted by atomic mass is 9.65. The summed E-state index contributed by atoms with van der Waals surface area (Å²) >= 11 is 0. The lowest BCUT2D eigenvalue weighted by molar-refractivity contribution is 0.436. The summed E-state index contributed by atoms with van der Waals surface area (Å²) in [6.07, 6.45) is 0. The van der Waals surface area contributed by atoms with Gasteiger partial charge < -0.3 is 18.8 Å². The standard InChI is InChI=1S/C68H41NO3/c1-4-23-49-45(18-1)46-22-15-31-57(66(46)68(49)53-27-8-13-35-61(53)72-62-36-14-9-28-54(62)68)69(43-40-38-42(39-41-43)44-21-16-37-63-64(44)48-20-3-10-32-58(48)70-63)56-30-17-29-55-65(56)47-19-2-5-24-50(47)67(55)51-25-6-11-33-59(51)71-60-34-12-7-26-52(60)67/h1-41H. The molecule has 12 aromatic rings. The van der Waals surface area contributed by atoms with Gasteiger partial charge in [0.25, 0.3) is 0 Å². The van der Waals surface area contributed by atoms with Crippen molar-refractivity contribution in [2.45, 2.75) is 10.8 Å². The van der Waals surface area contributed by atoms with Crippen molar-refractivity contribution in [1.82, 2.24) is 0 Å². The molecule has 2 aliphatic heterocycles. The number of hydrogen-bond donors (Lipinski definition) is 0. The molecule has 4 nitrogen and oxygen atoms in total. The molecule has 0 atom stereocenters. The SMILES string of the molecule is c1ccc2c(c1)Oc1ccccc1C21c2ccccc2-c2c(N(c3ccc(-c4cccc5oc6ccccc6c45)cc3)c3cccc4c3C3(c5ccccc5Oc5ccccc53)c3ccccc3-4)cccc21. The minimum absolute atomic E-state index is 0.649. The second-order valence-electron chi connectivity index (χ2n) is 19.3. The number of fused-ring (bicyclic) bond motifs is 21.